The van der Waals surface area contributed by atoms with Gasteiger partial charge in [0.2, 0.25) is 15.9 Å². The van der Waals surface area contributed by atoms with Crippen LogP contribution in [0.1, 0.15) is 18.4 Å². The Morgan fingerprint density at radius 3 is 2.42 bits per heavy atom. The predicted octanol–water partition coefficient (Wildman–Crippen LogP) is 1.98. The van der Waals surface area contributed by atoms with Crippen LogP contribution in [-0.4, -0.2) is 53.7 Å². The molecule has 2 fully saturated rings. The largest absolute Gasteiger partial charge is 0.289 e. The second-order valence-corrected chi connectivity index (χ2v) is 8.73. The number of nitrogens with zero attached hydrogens (tertiary/aromatic N) is 2. The van der Waals surface area contributed by atoms with Gasteiger partial charge < -0.3 is 0 Å². The molecule has 3 rings (SSSR count). The van der Waals surface area contributed by atoms with Gasteiger partial charge in [0.15, 0.2) is 0 Å². The number of aryl methyl sites for hydroxylation is 1. The molecule has 2 aliphatic rings. The van der Waals surface area contributed by atoms with Crippen molar-refractivity contribution in [3.63, 3.8) is 0 Å². The molecule has 2 saturated heterocycles. The summed E-state index contributed by atoms with van der Waals surface area (Å²) in [5, 5.41) is -0.254. The number of sulfonamides is 1. The summed E-state index contributed by atoms with van der Waals surface area (Å²) in [5.74, 6) is -0.497. The number of piperidine rings is 1. The molecule has 2 heterocycles. The molecule has 0 unspecified atom stereocenters. The first-order valence-corrected chi connectivity index (χ1v) is 9.98. The fourth-order valence-electron chi connectivity index (χ4n) is 2.98. The lowest BCUT2D eigenvalue weighted by molar-refractivity contribution is -0.126. The van der Waals surface area contributed by atoms with E-state index in [0.29, 0.717) is 12.8 Å². The van der Waals surface area contributed by atoms with Crippen molar-refractivity contribution in [3.05, 3.63) is 29.6 Å². The maximum atomic E-state index is 13.3. The van der Waals surface area contributed by atoms with Gasteiger partial charge in [-0.15, -0.1) is 0 Å². The Balaban J connectivity index is 1.72. The van der Waals surface area contributed by atoms with E-state index in [0.717, 1.165) is 17.8 Å². The topological polar surface area (TPSA) is 74.8 Å². The Morgan fingerprint density at radius 1 is 1.21 bits per heavy atom. The van der Waals surface area contributed by atoms with Gasteiger partial charge in [-0.25, -0.2) is 12.8 Å². The van der Waals surface area contributed by atoms with Gasteiger partial charge in [0.25, 0.3) is 5.24 Å². The molecule has 0 bridgehead atoms. The van der Waals surface area contributed by atoms with E-state index in [1.807, 2.05) is 0 Å². The van der Waals surface area contributed by atoms with Crippen LogP contribution >= 0.6 is 11.8 Å². The van der Waals surface area contributed by atoms with E-state index < -0.39 is 15.8 Å². The molecule has 0 N–H and O–H groups in total. The number of thioether (sulfide) groups is 1. The maximum absolute atomic E-state index is 13.3. The number of hydrogen-bond donors (Lipinski definition) is 0. The highest BCUT2D eigenvalue weighted by Crippen LogP contribution is 2.29. The van der Waals surface area contributed by atoms with Gasteiger partial charge in [0, 0.05) is 19.1 Å². The van der Waals surface area contributed by atoms with Crippen LogP contribution in [0.15, 0.2) is 23.1 Å². The van der Waals surface area contributed by atoms with Crippen molar-refractivity contribution >= 4 is 32.9 Å². The first-order valence-electron chi connectivity index (χ1n) is 7.56. The number of imide groups is 1. The Labute approximate surface area is 144 Å². The van der Waals surface area contributed by atoms with Crippen LogP contribution in [0.2, 0.25) is 0 Å². The highest BCUT2D eigenvalue weighted by molar-refractivity contribution is 8.14. The van der Waals surface area contributed by atoms with Crippen molar-refractivity contribution < 1.29 is 22.4 Å². The van der Waals surface area contributed by atoms with Crippen LogP contribution in [0.3, 0.4) is 0 Å². The third-order valence-corrected chi connectivity index (χ3v) is 7.07. The standard InChI is InChI=1S/C15H17FN2O4S2/c1-10-8-12(2-3-13(10)16)24(21,22)17-6-4-11(5-7-17)18-14(19)9-23-15(18)20/h2-3,8,11H,4-7,9H2,1H3. The van der Waals surface area contributed by atoms with Crippen molar-refractivity contribution in [2.24, 2.45) is 0 Å². The van der Waals surface area contributed by atoms with Gasteiger partial charge in [-0.2, -0.15) is 4.31 Å². The van der Waals surface area contributed by atoms with Gasteiger partial charge in [-0.3, -0.25) is 14.5 Å². The minimum absolute atomic E-state index is 0.0590. The van der Waals surface area contributed by atoms with Gasteiger partial charge >= 0.3 is 0 Å². The number of amides is 2. The monoisotopic (exact) mass is 372 g/mol. The number of carbonyl (C=O) groups is 2. The Hall–Kier alpha value is -1.45. The minimum Gasteiger partial charge on any atom is -0.273 e. The van der Waals surface area contributed by atoms with Gasteiger partial charge in [0.1, 0.15) is 5.82 Å². The summed E-state index contributed by atoms with van der Waals surface area (Å²) in [6.07, 6.45) is 0.828. The molecule has 2 aliphatic heterocycles. The minimum atomic E-state index is -3.70. The zero-order valence-corrected chi connectivity index (χ0v) is 14.7. The lowest BCUT2D eigenvalue weighted by Gasteiger charge is -2.34. The summed E-state index contributed by atoms with van der Waals surface area (Å²) in [4.78, 5) is 24.8. The Kier molecular flexibility index (Phi) is 4.67. The number of benzene rings is 1. The summed E-state index contributed by atoms with van der Waals surface area (Å²) in [6, 6.07) is 3.48. The zero-order valence-electron chi connectivity index (χ0n) is 13.1. The number of rotatable bonds is 3. The van der Waals surface area contributed by atoms with E-state index >= 15 is 0 Å². The summed E-state index contributed by atoms with van der Waals surface area (Å²) in [7, 11) is -3.70. The molecule has 9 heteroatoms. The van der Waals surface area contributed by atoms with Crippen molar-refractivity contribution in [1.29, 1.82) is 0 Å². The molecule has 1 aromatic rings. The molecule has 130 valence electrons. The van der Waals surface area contributed by atoms with Crippen LogP contribution in [0.5, 0.6) is 0 Å². The highest BCUT2D eigenvalue weighted by Gasteiger charge is 2.39. The molecular weight excluding hydrogens is 355 g/mol. The molecule has 0 aromatic heterocycles. The maximum Gasteiger partial charge on any atom is 0.289 e. The quantitative estimate of drug-likeness (QED) is 0.811. The van der Waals surface area contributed by atoms with E-state index in [1.54, 1.807) is 0 Å². The summed E-state index contributed by atoms with van der Waals surface area (Å²) >= 11 is 0.983. The van der Waals surface area contributed by atoms with Crippen LogP contribution in [-0.2, 0) is 14.8 Å². The average Bonchev–Trinajstić information content (AvgIpc) is 2.89. The second kappa shape index (κ2) is 6.45. The van der Waals surface area contributed by atoms with Crippen molar-refractivity contribution in [2.45, 2.75) is 30.7 Å². The fourth-order valence-corrected chi connectivity index (χ4v) is 5.32. The molecule has 0 aliphatic carbocycles. The van der Waals surface area contributed by atoms with Gasteiger partial charge in [-0.1, -0.05) is 11.8 Å². The first-order chi connectivity index (χ1) is 11.3. The van der Waals surface area contributed by atoms with E-state index in [9.17, 15) is 22.4 Å². The molecule has 0 atom stereocenters. The van der Waals surface area contributed by atoms with E-state index in [4.69, 9.17) is 0 Å². The number of halogens is 1. The van der Waals surface area contributed by atoms with Crippen molar-refractivity contribution in [1.82, 2.24) is 9.21 Å². The lowest BCUT2D eigenvalue weighted by Crippen LogP contribution is -2.48. The summed E-state index contributed by atoms with van der Waals surface area (Å²) < 4.78 is 40.0. The van der Waals surface area contributed by atoms with E-state index in [1.165, 1.54) is 28.3 Å². The molecule has 24 heavy (non-hydrogen) atoms. The predicted molar refractivity (Wildman–Crippen MR) is 87.6 cm³/mol. The van der Waals surface area contributed by atoms with Crippen LogP contribution in [0.4, 0.5) is 9.18 Å². The van der Waals surface area contributed by atoms with Gasteiger partial charge in [0.05, 0.1) is 10.6 Å². The van der Waals surface area contributed by atoms with Gasteiger partial charge in [-0.05, 0) is 43.5 Å². The normalized spacial score (nSPS) is 20.8. The number of carbonyl (C=O) groups excluding carboxylic acids is 2. The Morgan fingerprint density at radius 2 is 1.88 bits per heavy atom. The molecule has 0 saturated carbocycles. The molecule has 6 nitrogen and oxygen atoms in total. The number of hydrogen-bond acceptors (Lipinski definition) is 5. The van der Waals surface area contributed by atoms with Crippen LogP contribution in [0, 0.1) is 12.7 Å². The third kappa shape index (κ3) is 3.07. The average molecular weight is 372 g/mol. The Bertz CT molecular complexity index is 773. The molecule has 0 radical (unpaired) electrons. The first kappa shape index (κ1) is 17.4. The van der Waals surface area contributed by atoms with E-state index in [2.05, 4.69) is 0 Å². The molecular formula is C15H17FN2O4S2. The van der Waals surface area contributed by atoms with Crippen molar-refractivity contribution in [3.8, 4) is 0 Å². The molecule has 0 spiro atoms. The fraction of sp³-hybridized carbons (Fsp3) is 0.467. The van der Waals surface area contributed by atoms with Crippen LogP contribution < -0.4 is 0 Å². The molecule has 1 aromatic carbocycles. The van der Waals surface area contributed by atoms with E-state index in [-0.39, 0.29) is 46.5 Å². The van der Waals surface area contributed by atoms with Crippen LogP contribution in [0.25, 0.3) is 0 Å². The van der Waals surface area contributed by atoms with Crippen molar-refractivity contribution in [2.75, 3.05) is 18.8 Å². The SMILES string of the molecule is Cc1cc(S(=O)(=O)N2CCC(N3C(=O)CSC3=O)CC2)ccc1F. The smallest absolute Gasteiger partial charge is 0.273 e. The second-order valence-electron chi connectivity index (χ2n) is 5.86. The lowest BCUT2D eigenvalue weighted by atomic mass is 10.1. The summed E-state index contributed by atoms with van der Waals surface area (Å²) in [6.45, 7) is 1.97. The zero-order chi connectivity index (χ0) is 17.5. The summed E-state index contributed by atoms with van der Waals surface area (Å²) in [5.41, 5.74) is 0.274. The highest BCUT2D eigenvalue weighted by atomic mass is 32.2. The molecule has 2 amide bonds. The third-order valence-electron chi connectivity index (χ3n) is 4.34.